The highest BCUT2D eigenvalue weighted by atomic mass is 16.5. The van der Waals surface area contributed by atoms with E-state index in [1.54, 1.807) is 7.11 Å². The summed E-state index contributed by atoms with van der Waals surface area (Å²) >= 11 is 0. The van der Waals surface area contributed by atoms with Crippen LogP contribution in [0.3, 0.4) is 0 Å². The van der Waals surface area contributed by atoms with Gasteiger partial charge in [0.05, 0.1) is 0 Å². The molecule has 1 aliphatic rings. The summed E-state index contributed by atoms with van der Waals surface area (Å²) in [5, 5.41) is 9.39. The van der Waals surface area contributed by atoms with Crippen LogP contribution in [0.1, 0.15) is 52.4 Å². The molecule has 6 heteroatoms. The second-order valence-corrected chi connectivity index (χ2v) is 6.32. The van der Waals surface area contributed by atoms with Crippen molar-refractivity contribution in [2.45, 2.75) is 52.4 Å². The predicted molar refractivity (Wildman–Crippen MR) is 94.7 cm³/mol. The number of ether oxygens (including phenoxy) is 1. The number of aliphatic imine (C=N–C) groups is 1. The zero-order valence-electron chi connectivity index (χ0n) is 15.0. The Morgan fingerprint density at radius 3 is 2.52 bits per heavy atom. The maximum Gasteiger partial charge on any atom is 0.221 e. The molecule has 0 atom stereocenters. The maximum atomic E-state index is 11.6. The minimum Gasteiger partial charge on any atom is -0.385 e. The minimum atomic E-state index is 0.0887. The number of rotatable bonds is 11. The van der Waals surface area contributed by atoms with E-state index in [2.05, 4.69) is 22.9 Å². The molecular formula is C17H34N4O2. The summed E-state index contributed by atoms with van der Waals surface area (Å²) in [6.45, 7) is 7.90. The number of hydrogen-bond donors (Lipinski definition) is 3. The van der Waals surface area contributed by atoms with Gasteiger partial charge in [0.2, 0.25) is 5.91 Å². The Morgan fingerprint density at radius 2 is 1.96 bits per heavy atom. The molecule has 1 aliphatic carbocycles. The lowest BCUT2D eigenvalue weighted by Crippen LogP contribution is -2.41. The number of carbonyl (C=O) groups excluding carboxylic acids is 1. The molecule has 3 N–H and O–H groups in total. The number of carbonyl (C=O) groups is 1. The van der Waals surface area contributed by atoms with Gasteiger partial charge in [-0.15, -0.1) is 0 Å². The van der Waals surface area contributed by atoms with Gasteiger partial charge < -0.3 is 20.7 Å². The lowest BCUT2D eigenvalue weighted by Gasteiger charge is -2.40. The Balaban J connectivity index is 2.38. The van der Waals surface area contributed by atoms with Crippen molar-refractivity contribution in [2.75, 3.05) is 39.9 Å². The third-order valence-corrected chi connectivity index (χ3v) is 4.38. The highest BCUT2D eigenvalue weighted by molar-refractivity contribution is 5.81. The van der Waals surface area contributed by atoms with Gasteiger partial charge in [-0.05, 0) is 38.0 Å². The van der Waals surface area contributed by atoms with Crippen LogP contribution in [0, 0.1) is 5.41 Å². The quantitative estimate of drug-likeness (QED) is 0.399. The van der Waals surface area contributed by atoms with Gasteiger partial charge in [0.1, 0.15) is 0 Å². The normalized spacial score (nSPS) is 16.6. The fraction of sp³-hybridized carbons (Fsp3) is 0.882. The molecule has 1 amide bonds. The van der Waals surface area contributed by atoms with Crippen molar-refractivity contribution in [3.8, 4) is 0 Å². The van der Waals surface area contributed by atoms with Gasteiger partial charge in [-0.25, -0.2) is 0 Å². The van der Waals surface area contributed by atoms with E-state index in [9.17, 15) is 4.79 Å². The first-order valence-corrected chi connectivity index (χ1v) is 8.93. The lowest BCUT2D eigenvalue weighted by molar-refractivity contribution is -0.120. The first kappa shape index (κ1) is 19.7. The van der Waals surface area contributed by atoms with Crippen molar-refractivity contribution in [3.63, 3.8) is 0 Å². The van der Waals surface area contributed by atoms with Crippen LogP contribution in [0.2, 0.25) is 0 Å². The third-order valence-electron chi connectivity index (χ3n) is 4.38. The molecule has 1 fully saturated rings. The van der Waals surface area contributed by atoms with Crippen molar-refractivity contribution < 1.29 is 9.53 Å². The van der Waals surface area contributed by atoms with Crippen LogP contribution >= 0.6 is 0 Å². The Morgan fingerprint density at radius 1 is 1.17 bits per heavy atom. The van der Waals surface area contributed by atoms with Crippen LogP contribution in [0.25, 0.3) is 0 Å². The summed E-state index contributed by atoms with van der Waals surface area (Å²) in [6, 6.07) is 0. The van der Waals surface area contributed by atoms with Crippen LogP contribution in [-0.2, 0) is 9.53 Å². The molecule has 0 aromatic carbocycles. The highest BCUT2D eigenvalue weighted by Gasteiger charge is 2.36. The van der Waals surface area contributed by atoms with Crippen molar-refractivity contribution in [1.82, 2.24) is 16.0 Å². The summed E-state index contributed by atoms with van der Waals surface area (Å²) in [7, 11) is 1.75. The predicted octanol–water partition coefficient (Wildman–Crippen LogP) is 1.66. The van der Waals surface area contributed by atoms with Crippen molar-refractivity contribution in [3.05, 3.63) is 0 Å². The number of methoxy groups -OCH3 is 1. The van der Waals surface area contributed by atoms with E-state index < -0.39 is 0 Å². The van der Waals surface area contributed by atoms with Crippen LogP contribution < -0.4 is 16.0 Å². The summed E-state index contributed by atoms with van der Waals surface area (Å²) in [5.41, 5.74) is 0.316. The molecule has 0 bridgehead atoms. The largest absolute Gasteiger partial charge is 0.385 e. The third kappa shape index (κ3) is 7.68. The van der Waals surface area contributed by atoms with E-state index in [0.717, 1.165) is 45.0 Å². The molecular weight excluding hydrogens is 292 g/mol. The fourth-order valence-electron chi connectivity index (χ4n) is 2.72. The first-order chi connectivity index (χ1) is 11.2. The average molecular weight is 326 g/mol. The van der Waals surface area contributed by atoms with Gasteiger partial charge in [0.25, 0.3) is 0 Å². The topological polar surface area (TPSA) is 74.8 Å². The van der Waals surface area contributed by atoms with E-state index in [1.807, 2.05) is 6.92 Å². The van der Waals surface area contributed by atoms with Crippen LogP contribution in [0.5, 0.6) is 0 Å². The van der Waals surface area contributed by atoms with Gasteiger partial charge >= 0.3 is 0 Å². The van der Waals surface area contributed by atoms with E-state index in [0.29, 0.717) is 18.4 Å². The fourth-order valence-corrected chi connectivity index (χ4v) is 2.72. The van der Waals surface area contributed by atoms with Crippen LogP contribution in [-0.4, -0.2) is 51.8 Å². The van der Waals surface area contributed by atoms with E-state index in [-0.39, 0.29) is 5.91 Å². The summed E-state index contributed by atoms with van der Waals surface area (Å²) in [5.74, 6) is 0.894. The van der Waals surface area contributed by atoms with E-state index in [4.69, 9.17) is 9.73 Å². The molecule has 6 nitrogen and oxygen atoms in total. The molecule has 0 radical (unpaired) electrons. The zero-order chi connectivity index (χ0) is 17.0. The second kappa shape index (κ2) is 11.3. The lowest BCUT2D eigenvalue weighted by atomic mass is 9.67. The first-order valence-electron chi connectivity index (χ1n) is 8.93. The minimum absolute atomic E-state index is 0.0887. The molecule has 0 saturated heterocycles. The standard InChI is InChI=1S/C17H34N4O2/c1-4-11-19-15(22)7-12-20-16(18-5-2)21-14-17(8-6-9-17)10-13-23-3/h4-14H2,1-3H3,(H,19,22)(H2,18,20,21). The van der Waals surface area contributed by atoms with Crippen molar-refractivity contribution in [1.29, 1.82) is 0 Å². The average Bonchev–Trinajstić information content (AvgIpc) is 2.51. The van der Waals surface area contributed by atoms with Gasteiger partial charge in [-0.2, -0.15) is 0 Å². The van der Waals surface area contributed by atoms with E-state index in [1.165, 1.54) is 19.3 Å². The second-order valence-electron chi connectivity index (χ2n) is 6.32. The number of hydrogen-bond acceptors (Lipinski definition) is 3. The monoisotopic (exact) mass is 326 g/mol. The molecule has 0 unspecified atom stereocenters. The molecule has 134 valence electrons. The van der Waals surface area contributed by atoms with Gasteiger partial charge in [-0.3, -0.25) is 9.79 Å². The molecule has 0 spiro atoms. The van der Waals surface area contributed by atoms with E-state index >= 15 is 0 Å². The summed E-state index contributed by atoms with van der Waals surface area (Å²) < 4.78 is 5.23. The van der Waals surface area contributed by atoms with Crippen LogP contribution in [0.4, 0.5) is 0 Å². The number of guanidine groups is 1. The molecule has 0 aromatic heterocycles. The zero-order valence-corrected chi connectivity index (χ0v) is 15.0. The molecule has 1 saturated carbocycles. The van der Waals surface area contributed by atoms with Gasteiger partial charge in [0, 0.05) is 46.3 Å². The number of nitrogens with zero attached hydrogens (tertiary/aromatic N) is 1. The van der Waals surface area contributed by atoms with Crippen LogP contribution in [0.15, 0.2) is 4.99 Å². The molecule has 1 rings (SSSR count). The molecule has 0 heterocycles. The SMILES string of the molecule is CCCNC(=O)CCNC(=NCC1(CCOC)CCC1)NCC. The Hall–Kier alpha value is -1.30. The van der Waals surface area contributed by atoms with Crippen molar-refractivity contribution >= 4 is 11.9 Å². The Kier molecular flexibility index (Phi) is 9.67. The van der Waals surface area contributed by atoms with Gasteiger partial charge in [-0.1, -0.05) is 13.3 Å². The number of nitrogens with one attached hydrogen (secondary N) is 3. The summed E-state index contributed by atoms with van der Waals surface area (Å²) in [4.78, 5) is 16.3. The highest BCUT2D eigenvalue weighted by Crippen LogP contribution is 2.44. The molecule has 0 aliphatic heterocycles. The molecule has 0 aromatic rings. The smallest absolute Gasteiger partial charge is 0.221 e. The maximum absolute atomic E-state index is 11.6. The Bertz CT molecular complexity index is 368. The number of amides is 1. The van der Waals surface area contributed by atoms with Crippen molar-refractivity contribution in [2.24, 2.45) is 10.4 Å². The Labute approximate surface area is 140 Å². The summed E-state index contributed by atoms with van der Waals surface area (Å²) in [6.07, 6.45) is 6.27. The molecule has 23 heavy (non-hydrogen) atoms. The van der Waals surface area contributed by atoms with Gasteiger partial charge in [0.15, 0.2) is 5.96 Å².